The molecule has 1 aromatic heterocycles. The molecule has 108 valence electrons. The molecule has 1 amide bonds. The number of anilines is 2. The van der Waals surface area contributed by atoms with Crippen molar-refractivity contribution in [2.75, 3.05) is 36.9 Å². The number of amides is 1. The predicted molar refractivity (Wildman–Crippen MR) is 74.7 cm³/mol. The summed E-state index contributed by atoms with van der Waals surface area (Å²) in [5, 5.41) is 3.35. The summed E-state index contributed by atoms with van der Waals surface area (Å²) < 4.78 is 5.72. The average Bonchev–Trinajstić information content (AvgIpc) is 2.82. The third kappa shape index (κ3) is 2.27. The number of carbonyl (C=O) groups excluding carboxylic acids is 1. The van der Waals surface area contributed by atoms with E-state index < -0.39 is 0 Å². The Morgan fingerprint density at radius 1 is 1.50 bits per heavy atom. The molecule has 1 unspecified atom stereocenters. The van der Waals surface area contributed by atoms with Gasteiger partial charge in [0, 0.05) is 13.1 Å². The number of rotatable bonds is 1. The number of nitrogens with two attached hydrogens (primary N) is 1. The second-order valence-corrected chi connectivity index (χ2v) is 5.60. The number of nitrogens with zero attached hydrogens (tertiary/aromatic N) is 3. The number of carbonyl (C=O) groups is 1. The van der Waals surface area contributed by atoms with E-state index in [0.717, 1.165) is 13.0 Å². The van der Waals surface area contributed by atoms with Gasteiger partial charge in [-0.3, -0.25) is 4.79 Å². The highest BCUT2D eigenvalue weighted by Gasteiger charge is 2.43. The summed E-state index contributed by atoms with van der Waals surface area (Å²) in [6, 6.07) is 0. The van der Waals surface area contributed by atoms with Crippen molar-refractivity contribution < 1.29 is 9.53 Å². The zero-order valence-corrected chi connectivity index (χ0v) is 11.9. The highest BCUT2D eigenvalue weighted by atomic mass is 35.5. The summed E-state index contributed by atoms with van der Waals surface area (Å²) in [6.07, 6.45) is 0.812. The van der Waals surface area contributed by atoms with Crippen LogP contribution in [0.3, 0.4) is 0 Å². The monoisotopic (exact) mass is 297 g/mol. The first-order valence-electron chi connectivity index (χ1n) is 6.44. The molecule has 0 aromatic carbocycles. The average molecular weight is 298 g/mol. The second-order valence-electron chi connectivity index (χ2n) is 5.22. The Hall–Kier alpha value is -1.60. The highest BCUT2D eigenvalue weighted by molar-refractivity contribution is 6.33. The lowest BCUT2D eigenvalue weighted by molar-refractivity contribution is -0.141. The molecule has 0 saturated carbocycles. The van der Waals surface area contributed by atoms with Gasteiger partial charge in [-0.1, -0.05) is 11.6 Å². The number of nitrogens with one attached hydrogen (secondary N) is 1. The van der Waals surface area contributed by atoms with Gasteiger partial charge in [-0.2, -0.15) is 4.98 Å². The lowest BCUT2D eigenvalue weighted by Gasteiger charge is -2.33. The lowest BCUT2D eigenvalue weighted by atomic mass is 10.0. The smallest absolute Gasteiger partial charge is 0.246 e. The second kappa shape index (κ2) is 4.75. The van der Waals surface area contributed by atoms with E-state index in [4.69, 9.17) is 22.1 Å². The quantitative estimate of drug-likeness (QED) is 0.764. The van der Waals surface area contributed by atoms with Crippen LogP contribution in [-0.4, -0.2) is 47.7 Å². The minimum absolute atomic E-state index is 0.0748. The zero-order valence-electron chi connectivity index (χ0n) is 11.1. The van der Waals surface area contributed by atoms with Crippen LogP contribution in [0.1, 0.15) is 12.1 Å². The minimum Gasteiger partial charge on any atom is -0.368 e. The van der Waals surface area contributed by atoms with E-state index in [1.807, 2.05) is 4.90 Å². The fourth-order valence-corrected chi connectivity index (χ4v) is 2.85. The van der Waals surface area contributed by atoms with Crippen LogP contribution in [0.4, 0.5) is 11.8 Å². The van der Waals surface area contributed by atoms with Crippen molar-refractivity contribution in [1.29, 1.82) is 0 Å². The van der Waals surface area contributed by atoms with E-state index in [0.29, 0.717) is 29.6 Å². The van der Waals surface area contributed by atoms with Gasteiger partial charge in [0.05, 0.1) is 12.2 Å². The molecule has 2 saturated heterocycles. The Bertz CT molecular complexity index is 555. The van der Waals surface area contributed by atoms with Gasteiger partial charge in [-0.15, -0.1) is 0 Å². The van der Waals surface area contributed by atoms with Gasteiger partial charge in [-0.05, 0) is 13.3 Å². The van der Waals surface area contributed by atoms with Gasteiger partial charge in [0.25, 0.3) is 0 Å². The molecule has 0 aliphatic carbocycles. The Labute approximate surface area is 121 Å². The Kier molecular flexibility index (Phi) is 3.18. The molecule has 0 radical (unpaired) electrons. The van der Waals surface area contributed by atoms with Crippen LogP contribution in [-0.2, 0) is 9.53 Å². The minimum atomic E-state index is -0.356. The van der Waals surface area contributed by atoms with Crippen molar-refractivity contribution in [1.82, 2.24) is 15.3 Å². The molecule has 1 spiro atoms. The number of nitrogen functional groups attached to an aromatic ring is 1. The van der Waals surface area contributed by atoms with E-state index in [2.05, 4.69) is 15.3 Å². The van der Waals surface area contributed by atoms with Crippen LogP contribution in [0.2, 0.25) is 5.02 Å². The molecule has 7 nitrogen and oxygen atoms in total. The van der Waals surface area contributed by atoms with Crippen LogP contribution in [0.5, 0.6) is 0 Å². The van der Waals surface area contributed by atoms with Crippen molar-refractivity contribution >= 4 is 29.3 Å². The number of hydrogen-bond donors (Lipinski definition) is 2. The summed E-state index contributed by atoms with van der Waals surface area (Å²) in [6.45, 7) is 3.80. The number of halogens is 1. The van der Waals surface area contributed by atoms with Crippen LogP contribution in [0.25, 0.3) is 0 Å². The first-order valence-corrected chi connectivity index (χ1v) is 6.82. The third-order valence-electron chi connectivity index (χ3n) is 3.75. The Balaban J connectivity index is 1.82. The fourth-order valence-electron chi connectivity index (χ4n) is 2.64. The van der Waals surface area contributed by atoms with Crippen LogP contribution >= 0.6 is 11.6 Å². The van der Waals surface area contributed by atoms with E-state index in [1.54, 1.807) is 6.92 Å². The summed E-state index contributed by atoms with van der Waals surface area (Å²) >= 11 is 6.26. The molecule has 8 heteroatoms. The van der Waals surface area contributed by atoms with Crippen LogP contribution < -0.4 is 16.0 Å². The normalized spacial score (nSPS) is 26.1. The van der Waals surface area contributed by atoms with Gasteiger partial charge in [0.1, 0.15) is 17.2 Å². The van der Waals surface area contributed by atoms with Crippen LogP contribution in [0.15, 0.2) is 0 Å². The van der Waals surface area contributed by atoms with Crippen molar-refractivity contribution in [3.63, 3.8) is 0 Å². The topological polar surface area (TPSA) is 93.4 Å². The van der Waals surface area contributed by atoms with E-state index >= 15 is 0 Å². The number of aryl methyl sites for hydroxylation is 1. The van der Waals surface area contributed by atoms with Gasteiger partial charge in [0.15, 0.2) is 5.82 Å². The lowest BCUT2D eigenvalue weighted by Crippen LogP contribution is -2.53. The maximum atomic E-state index is 11.2. The number of morpholine rings is 1. The van der Waals surface area contributed by atoms with Gasteiger partial charge < -0.3 is 20.7 Å². The number of ether oxygens (including phenoxy) is 1. The van der Waals surface area contributed by atoms with E-state index in [1.165, 1.54) is 0 Å². The largest absolute Gasteiger partial charge is 0.368 e. The first-order chi connectivity index (χ1) is 9.49. The van der Waals surface area contributed by atoms with Crippen LogP contribution in [0, 0.1) is 6.92 Å². The molecule has 2 fully saturated rings. The predicted octanol–water partition coefficient (Wildman–Crippen LogP) is 0.116. The standard InChI is InChI=1S/C12H16ClN5O2/c1-7-9(13)10(17-11(14)16-7)18-3-2-12(6-18)5-15-8(19)4-20-12/h2-6H2,1H3,(H,15,19)(H2,14,16,17). The third-order valence-corrected chi connectivity index (χ3v) is 4.19. The molecule has 3 N–H and O–H groups in total. The van der Waals surface area contributed by atoms with Crippen molar-refractivity contribution in [2.24, 2.45) is 0 Å². The van der Waals surface area contributed by atoms with Crippen molar-refractivity contribution in [2.45, 2.75) is 18.9 Å². The van der Waals surface area contributed by atoms with Gasteiger partial charge >= 0.3 is 0 Å². The molecular weight excluding hydrogens is 282 g/mol. The Morgan fingerprint density at radius 2 is 2.30 bits per heavy atom. The summed E-state index contributed by atoms with van der Waals surface area (Å²) in [7, 11) is 0. The maximum absolute atomic E-state index is 11.2. The summed E-state index contributed by atoms with van der Waals surface area (Å²) in [5.41, 5.74) is 5.99. The molecule has 20 heavy (non-hydrogen) atoms. The molecule has 2 aliphatic rings. The van der Waals surface area contributed by atoms with E-state index in [-0.39, 0.29) is 24.1 Å². The van der Waals surface area contributed by atoms with Crippen molar-refractivity contribution in [3.05, 3.63) is 10.7 Å². The SMILES string of the molecule is Cc1nc(N)nc(N2CCC3(CNC(=O)CO3)C2)c1Cl. The molecule has 1 atom stereocenters. The van der Waals surface area contributed by atoms with Gasteiger partial charge in [-0.25, -0.2) is 4.98 Å². The Morgan fingerprint density at radius 3 is 3.00 bits per heavy atom. The summed E-state index contributed by atoms with van der Waals surface area (Å²) in [5.74, 6) is 0.768. The van der Waals surface area contributed by atoms with Crippen molar-refractivity contribution in [3.8, 4) is 0 Å². The summed E-state index contributed by atoms with van der Waals surface area (Å²) in [4.78, 5) is 21.5. The first kappa shape index (κ1) is 13.4. The number of aromatic nitrogens is 2. The highest BCUT2D eigenvalue weighted by Crippen LogP contribution is 2.34. The molecular formula is C12H16ClN5O2. The molecule has 3 rings (SSSR count). The van der Waals surface area contributed by atoms with E-state index in [9.17, 15) is 4.79 Å². The molecule has 1 aromatic rings. The molecule has 0 bridgehead atoms. The van der Waals surface area contributed by atoms with Gasteiger partial charge in [0.2, 0.25) is 11.9 Å². The molecule has 3 heterocycles. The zero-order chi connectivity index (χ0) is 14.3. The number of hydrogen-bond acceptors (Lipinski definition) is 6. The maximum Gasteiger partial charge on any atom is 0.246 e. The molecule has 2 aliphatic heterocycles. The fraction of sp³-hybridized carbons (Fsp3) is 0.583.